The predicted octanol–water partition coefficient (Wildman–Crippen LogP) is 4.75. The minimum atomic E-state index is -0.0416. The first-order valence-corrected chi connectivity index (χ1v) is 9.97. The number of nitrogens with one attached hydrogen (secondary N) is 1. The molecule has 26 heavy (non-hydrogen) atoms. The highest BCUT2D eigenvalue weighted by molar-refractivity contribution is 7.09. The van der Waals surface area contributed by atoms with E-state index in [-0.39, 0.29) is 18.1 Å². The van der Waals surface area contributed by atoms with Crippen LogP contribution < -0.4 is 10.1 Å². The van der Waals surface area contributed by atoms with Gasteiger partial charge in [-0.25, -0.2) is 9.78 Å². The molecule has 0 saturated heterocycles. The number of urea groups is 1. The second-order valence-corrected chi connectivity index (χ2v) is 7.72. The zero-order chi connectivity index (χ0) is 19.1. The van der Waals surface area contributed by atoms with Crippen molar-refractivity contribution in [1.82, 2.24) is 15.2 Å². The van der Waals surface area contributed by atoms with Crippen LogP contribution in [0.1, 0.15) is 50.4 Å². The monoisotopic (exact) mass is 375 g/mol. The third-order valence-corrected chi connectivity index (χ3v) is 5.04. The Bertz CT molecular complexity index is 715. The van der Waals surface area contributed by atoms with Crippen molar-refractivity contribution in [1.29, 1.82) is 0 Å². The van der Waals surface area contributed by atoms with Crippen molar-refractivity contribution in [2.45, 2.75) is 66.3 Å². The fraction of sp³-hybridized carbons (Fsp3) is 0.500. The van der Waals surface area contributed by atoms with Gasteiger partial charge in [0.1, 0.15) is 17.4 Å². The van der Waals surface area contributed by atoms with Crippen LogP contribution >= 0.6 is 11.3 Å². The normalized spacial score (nSPS) is 12.1. The van der Waals surface area contributed by atoms with Gasteiger partial charge in [0.25, 0.3) is 0 Å². The van der Waals surface area contributed by atoms with Crippen molar-refractivity contribution in [3.05, 3.63) is 45.9 Å². The van der Waals surface area contributed by atoms with Crippen LogP contribution in [0.4, 0.5) is 4.79 Å². The number of carbonyl (C=O) groups excluding carboxylic acids is 1. The van der Waals surface area contributed by atoms with E-state index in [2.05, 4.69) is 24.1 Å². The number of aromatic nitrogens is 1. The van der Waals surface area contributed by atoms with Crippen molar-refractivity contribution in [3.63, 3.8) is 0 Å². The van der Waals surface area contributed by atoms with Gasteiger partial charge in [0.15, 0.2) is 0 Å². The molecule has 1 atom stereocenters. The zero-order valence-corrected chi connectivity index (χ0v) is 17.1. The van der Waals surface area contributed by atoms with Crippen molar-refractivity contribution >= 4 is 17.4 Å². The second kappa shape index (κ2) is 9.57. The lowest BCUT2D eigenvalue weighted by atomic mass is 10.2. The number of hydrogen-bond donors (Lipinski definition) is 1. The lowest BCUT2D eigenvalue weighted by Gasteiger charge is -2.29. The fourth-order valence-electron chi connectivity index (χ4n) is 2.50. The summed E-state index contributed by atoms with van der Waals surface area (Å²) in [6.45, 7) is 11.1. The first kappa shape index (κ1) is 20.2. The van der Waals surface area contributed by atoms with Gasteiger partial charge >= 0.3 is 6.03 Å². The zero-order valence-electron chi connectivity index (χ0n) is 16.3. The summed E-state index contributed by atoms with van der Waals surface area (Å²) in [4.78, 5) is 19.0. The van der Waals surface area contributed by atoms with Gasteiger partial charge in [0, 0.05) is 17.5 Å². The van der Waals surface area contributed by atoms with Crippen LogP contribution in [0.5, 0.6) is 5.75 Å². The summed E-state index contributed by atoms with van der Waals surface area (Å²) in [5.41, 5.74) is 2.01. The summed E-state index contributed by atoms with van der Waals surface area (Å²) >= 11 is 1.57. The van der Waals surface area contributed by atoms with Crippen LogP contribution in [-0.4, -0.2) is 28.0 Å². The molecule has 0 spiro atoms. The van der Waals surface area contributed by atoms with Crippen molar-refractivity contribution in [2.75, 3.05) is 0 Å². The molecular formula is C20H29N3O2S. The predicted molar refractivity (Wildman–Crippen MR) is 107 cm³/mol. The molecule has 1 unspecified atom stereocenters. The van der Waals surface area contributed by atoms with E-state index in [0.29, 0.717) is 13.2 Å². The molecule has 0 aliphatic rings. The minimum Gasteiger partial charge on any atom is -0.486 e. The van der Waals surface area contributed by atoms with Crippen LogP contribution in [0.25, 0.3) is 0 Å². The summed E-state index contributed by atoms with van der Waals surface area (Å²) in [5.74, 6) is 0.877. The van der Waals surface area contributed by atoms with Crippen molar-refractivity contribution < 1.29 is 9.53 Å². The van der Waals surface area contributed by atoms with Gasteiger partial charge in [0.05, 0.1) is 12.2 Å². The van der Waals surface area contributed by atoms with Gasteiger partial charge in [0.2, 0.25) is 0 Å². The number of hydrogen-bond acceptors (Lipinski definition) is 4. The van der Waals surface area contributed by atoms with Crippen LogP contribution in [0, 0.1) is 6.92 Å². The average Bonchev–Trinajstić information content (AvgIpc) is 3.05. The standard InChI is InChI=1S/C20H29N3O2S/c1-6-16(5)23(20(24)21-14(2)3)11-17-13-26-19(22-17)12-25-18-10-8-7-9-15(18)4/h7-10,13-14,16H,6,11-12H2,1-5H3,(H,21,24). The number of para-hydroxylation sites is 1. The molecule has 2 amide bonds. The number of rotatable bonds is 8. The highest BCUT2D eigenvalue weighted by atomic mass is 32.1. The molecule has 0 aliphatic carbocycles. The van der Waals surface area contributed by atoms with E-state index < -0.39 is 0 Å². The molecule has 6 heteroatoms. The lowest BCUT2D eigenvalue weighted by Crippen LogP contribution is -2.46. The molecule has 1 heterocycles. The van der Waals surface area contributed by atoms with E-state index in [9.17, 15) is 4.79 Å². The van der Waals surface area contributed by atoms with Crippen molar-refractivity contribution in [3.8, 4) is 5.75 Å². The maximum atomic E-state index is 12.5. The highest BCUT2D eigenvalue weighted by Gasteiger charge is 2.21. The molecule has 1 aromatic carbocycles. The molecule has 0 saturated carbocycles. The lowest BCUT2D eigenvalue weighted by molar-refractivity contribution is 0.170. The summed E-state index contributed by atoms with van der Waals surface area (Å²) in [7, 11) is 0. The summed E-state index contributed by atoms with van der Waals surface area (Å²) < 4.78 is 5.86. The maximum absolute atomic E-state index is 12.5. The van der Waals surface area contributed by atoms with Crippen LogP contribution in [-0.2, 0) is 13.2 Å². The van der Waals surface area contributed by atoms with E-state index in [0.717, 1.165) is 28.4 Å². The summed E-state index contributed by atoms with van der Waals surface area (Å²) in [6.07, 6.45) is 0.902. The van der Waals surface area contributed by atoms with Gasteiger partial charge < -0.3 is 15.0 Å². The molecular weight excluding hydrogens is 346 g/mol. The average molecular weight is 376 g/mol. The number of carbonyl (C=O) groups is 1. The molecule has 1 aromatic heterocycles. The number of amides is 2. The van der Waals surface area contributed by atoms with E-state index in [1.807, 2.05) is 55.3 Å². The molecule has 2 rings (SSSR count). The first-order chi connectivity index (χ1) is 12.4. The quantitative estimate of drug-likeness (QED) is 0.724. The van der Waals surface area contributed by atoms with Gasteiger partial charge in [-0.1, -0.05) is 25.1 Å². The van der Waals surface area contributed by atoms with Crippen LogP contribution in [0.2, 0.25) is 0 Å². The molecule has 142 valence electrons. The Hall–Kier alpha value is -2.08. The van der Waals surface area contributed by atoms with Gasteiger partial charge in [-0.05, 0) is 45.7 Å². The minimum absolute atomic E-state index is 0.0416. The molecule has 0 aliphatic heterocycles. The molecule has 0 radical (unpaired) electrons. The Balaban J connectivity index is 2.00. The summed E-state index contributed by atoms with van der Waals surface area (Å²) in [6, 6.07) is 8.18. The Morgan fingerprint density at radius 2 is 2.04 bits per heavy atom. The molecule has 5 nitrogen and oxygen atoms in total. The topological polar surface area (TPSA) is 54.5 Å². The number of thiazole rings is 1. The third-order valence-electron chi connectivity index (χ3n) is 4.17. The summed E-state index contributed by atoms with van der Waals surface area (Å²) in [5, 5.41) is 5.90. The Morgan fingerprint density at radius 3 is 2.69 bits per heavy atom. The molecule has 1 N–H and O–H groups in total. The SMILES string of the molecule is CCC(C)N(Cc1csc(COc2ccccc2C)n1)C(=O)NC(C)C. The van der Waals surface area contributed by atoms with Gasteiger partial charge in [-0.15, -0.1) is 11.3 Å². The molecule has 2 aromatic rings. The number of aryl methyl sites for hydroxylation is 1. The fourth-order valence-corrected chi connectivity index (χ4v) is 3.19. The largest absolute Gasteiger partial charge is 0.486 e. The van der Waals surface area contributed by atoms with Crippen molar-refractivity contribution in [2.24, 2.45) is 0 Å². The van der Waals surface area contributed by atoms with E-state index >= 15 is 0 Å². The second-order valence-electron chi connectivity index (χ2n) is 6.78. The number of nitrogens with zero attached hydrogens (tertiary/aromatic N) is 2. The van der Waals surface area contributed by atoms with Crippen LogP contribution in [0.3, 0.4) is 0 Å². The Morgan fingerprint density at radius 1 is 1.31 bits per heavy atom. The van der Waals surface area contributed by atoms with Gasteiger partial charge in [-0.3, -0.25) is 0 Å². The highest BCUT2D eigenvalue weighted by Crippen LogP contribution is 2.20. The molecule has 0 fully saturated rings. The number of ether oxygens (including phenoxy) is 1. The Kier molecular flexibility index (Phi) is 7.45. The Labute approximate surface area is 160 Å². The maximum Gasteiger partial charge on any atom is 0.318 e. The van der Waals surface area contributed by atoms with Crippen LogP contribution in [0.15, 0.2) is 29.6 Å². The number of benzene rings is 1. The van der Waals surface area contributed by atoms with E-state index in [4.69, 9.17) is 4.74 Å². The smallest absolute Gasteiger partial charge is 0.318 e. The van der Waals surface area contributed by atoms with Gasteiger partial charge in [-0.2, -0.15) is 0 Å². The van der Waals surface area contributed by atoms with E-state index in [1.54, 1.807) is 11.3 Å². The molecule has 0 bridgehead atoms. The third kappa shape index (κ3) is 5.73. The van der Waals surface area contributed by atoms with E-state index in [1.165, 1.54) is 0 Å². The first-order valence-electron chi connectivity index (χ1n) is 9.09.